The van der Waals surface area contributed by atoms with Crippen molar-refractivity contribution < 1.29 is 13.2 Å². The molecule has 0 atom stereocenters. The number of hydrogen-bond donors (Lipinski definition) is 1. The number of benzene rings is 1. The predicted molar refractivity (Wildman–Crippen MR) is 69.2 cm³/mol. The number of rotatable bonds is 1. The number of aromatic nitrogens is 2. The highest BCUT2D eigenvalue weighted by molar-refractivity contribution is 5.61. The van der Waals surface area contributed by atoms with Gasteiger partial charge >= 0.3 is 6.18 Å². The molecule has 1 aromatic carbocycles. The molecule has 20 heavy (non-hydrogen) atoms. The van der Waals surface area contributed by atoms with Crippen molar-refractivity contribution in [3.63, 3.8) is 0 Å². The Hall–Kier alpha value is -2.24. The van der Waals surface area contributed by atoms with Crippen LogP contribution in [0.3, 0.4) is 0 Å². The van der Waals surface area contributed by atoms with Crippen molar-refractivity contribution in [2.24, 2.45) is 5.73 Å². The van der Waals surface area contributed by atoms with Crippen LogP contribution in [0.1, 0.15) is 22.5 Å². The lowest BCUT2D eigenvalue weighted by Crippen LogP contribution is -2.15. The molecule has 0 saturated carbocycles. The maximum atomic E-state index is 12.7. The van der Waals surface area contributed by atoms with E-state index in [4.69, 9.17) is 5.73 Å². The van der Waals surface area contributed by atoms with Crippen molar-refractivity contribution in [2.45, 2.75) is 19.0 Å². The molecule has 0 aliphatic carbocycles. The molecular formula is C14H12F3N3. The van der Waals surface area contributed by atoms with Crippen molar-refractivity contribution in [1.82, 2.24) is 9.55 Å². The number of hydrogen-bond acceptors (Lipinski definition) is 2. The lowest BCUT2D eigenvalue weighted by molar-refractivity contribution is -0.137. The van der Waals surface area contributed by atoms with Crippen molar-refractivity contribution in [3.05, 3.63) is 53.6 Å². The fraction of sp³-hybridized carbons (Fsp3) is 0.214. The molecule has 2 aromatic rings. The molecule has 1 aliphatic rings. The first-order chi connectivity index (χ1) is 9.38. The summed E-state index contributed by atoms with van der Waals surface area (Å²) in [5.41, 5.74) is 8.31. The molecule has 3 nitrogen and oxygen atoms in total. The number of imidazole rings is 1. The summed E-state index contributed by atoms with van der Waals surface area (Å²) in [5.74, 6) is 0. The third-order valence-corrected chi connectivity index (χ3v) is 3.47. The Morgan fingerprint density at radius 3 is 2.70 bits per heavy atom. The van der Waals surface area contributed by atoms with E-state index in [1.54, 1.807) is 10.9 Å². The highest BCUT2D eigenvalue weighted by Crippen LogP contribution is 2.34. The molecular weight excluding hydrogens is 267 g/mol. The second-order valence-corrected chi connectivity index (χ2v) is 4.78. The van der Waals surface area contributed by atoms with E-state index in [1.807, 2.05) is 0 Å². The van der Waals surface area contributed by atoms with Crippen molar-refractivity contribution in [1.29, 1.82) is 0 Å². The lowest BCUT2D eigenvalue weighted by atomic mass is 9.98. The van der Waals surface area contributed by atoms with Gasteiger partial charge in [-0.2, -0.15) is 13.2 Å². The molecule has 2 heterocycles. The van der Waals surface area contributed by atoms with Crippen LogP contribution < -0.4 is 5.73 Å². The van der Waals surface area contributed by atoms with Gasteiger partial charge in [0.25, 0.3) is 0 Å². The van der Waals surface area contributed by atoms with Gasteiger partial charge in [0.05, 0.1) is 22.6 Å². The van der Waals surface area contributed by atoms with Crippen LogP contribution in [0.2, 0.25) is 0 Å². The molecule has 104 valence electrons. The SMILES string of the molecule is C=C(N)c1ncn2c1CCc1cc(C(F)(F)F)ccc1-2. The minimum Gasteiger partial charge on any atom is -0.397 e. The quantitative estimate of drug-likeness (QED) is 0.872. The summed E-state index contributed by atoms with van der Waals surface area (Å²) in [7, 11) is 0. The van der Waals surface area contributed by atoms with Crippen LogP contribution in [-0.2, 0) is 19.0 Å². The third-order valence-electron chi connectivity index (χ3n) is 3.47. The van der Waals surface area contributed by atoms with Crippen molar-refractivity contribution in [2.75, 3.05) is 0 Å². The third kappa shape index (κ3) is 1.88. The van der Waals surface area contributed by atoms with Gasteiger partial charge in [-0.15, -0.1) is 0 Å². The van der Waals surface area contributed by atoms with E-state index < -0.39 is 11.7 Å². The summed E-state index contributed by atoms with van der Waals surface area (Å²) in [4.78, 5) is 4.18. The van der Waals surface area contributed by atoms with Crippen LogP contribution in [0.4, 0.5) is 13.2 Å². The summed E-state index contributed by atoms with van der Waals surface area (Å²) in [6, 6.07) is 3.77. The van der Waals surface area contributed by atoms with Gasteiger partial charge in [-0.05, 0) is 36.6 Å². The van der Waals surface area contributed by atoms with Crippen LogP contribution in [0.5, 0.6) is 0 Å². The Morgan fingerprint density at radius 2 is 2.05 bits per heavy atom. The zero-order chi connectivity index (χ0) is 14.5. The summed E-state index contributed by atoms with van der Waals surface area (Å²) < 4.78 is 39.9. The van der Waals surface area contributed by atoms with Crippen LogP contribution in [0, 0.1) is 0 Å². The molecule has 6 heteroatoms. The zero-order valence-electron chi connectivity index (χ0n) is 10.5. The molecule has 0 saturated heterocycles. The second-order valence-electron chi connectivity index (χ2n) is 4.78. The first kappa shape index (κ1) is 12.8. The van der Waals surface area contributed by atoms with Gasteiger partial charge in [0, 0.05) is 0 Å². The molecule has 3 rings (SSSR count). The summed E-state index contributed by atoms with van der Waals surface area (Å²) in [6.07, 6.45) is -1.61. The van der Waals surface area contributed by atoms with Crippen molar-refractivity contribution in [3.8, 4) is 5.69 Å². The van der Waals surface area contributed by atoms with E-state index in [1.165, 1.54) is 12.1 Å². The highest BCUT2D eigenvalue weighted by Gasteiger charge is 2.32. The van der Waals surface area contributed by atoms with E-state index in [0.29, 0.717) is 29.8 Å². The maximum Gasteiger partial charge on any atom is 0.416 e. The Balaban J connectivity index is 2.12. The van der Waals surface area contributed by atoms with Crippen LogP contribution >= 0.6 is 0 Å². The monoisotopic (exact) mass is 279 g/mol. The molecule has 0 unspecified atom stereocenters. The Labute approximate surface area is 113 Å². The standard InChI is InChI=1S/C14H12F3N3/c1-8(18)13-12-4-2-9-6-10(14(15,16)17)3-5-11(9)20(12)7-19-13/h3,5-7H,1-2,4,18H2. The molecule has 0 radical (unpaired) electrons. The fourth-order valence-corrected chi connectivity index (χ4v) is 2.54. The van der Waals surface area contributed by atoms with Gasteiger partial charge in [-0.3, -0.25) is 0 Å². The average molecular weight is 279 g/mol. The molecule has 1 aromatic heterocycles. The molecule has 0 fully saturated rings. The van der Waals surface area contributed by atoms with Crippen LogP contribution in [0.15, 0.2) is 31.1 Å². The predicted octanol–water partition coefficient (Wildman–Crippen LogP) is 2.92. The van der Waals surface area contributed by atoms with E-state index in [0.717, 1.165) is 17.4 Å². The summed E-state index contributed by atoms with van der Waals surface area (Å²) >= 11 is 0. The number of aryl methyl sites for hydroxylation is 1. The largest absolute Gasteiger partial charge is 0.416 e. The van der Waals surface area contributed by atoms with Crippen molar-refractivity contribution >= 4 is 5.70 Å². The van der Waals surface area contributed by atoms with E-state index >= 15 is 0 Å². The molecule has 2 N–H and O–H groups in total. The number of alkyl halides is 3. The van der Waals surface area contributed by atoms with Gasteiger partial charge in [-0.25, -0.2) is 4.98 Å². The Kier molecular flexibility index (Phi) is 2.64. The van der Waals surface area contributed by atoms with E-state index in [9.17, 15) is 13.2 Å². The zero-order valence-corrected chi connectivity index (χ0v) is 10.5. The van der Waals surface area contributed by atoms with Gasteiger partial charge in [0.15, 0.2) is 0 Å². The highest BCUT2D eigenvalue weighted by atomic mass is 19.4. The Bertz CT molecular complexity index is 698. The molecule has 0 spiro atoms. The number of nitrogens with zero attached hydrogens (tertiary/aromatic N) is 2. The minimum absolute atomic E-state index is 0.370. The average Bonchev–Trinajstić information content (AvgIpc) is 2.81. The fourth-order valence-electron chi connectivity index (χ4n) is 2.54. The first-order valence-electron chi connectivity index (χ1n) is 6.09. The van der Waals surface area contributed by atoms with Gasteiger partial charge in [0.2, 0.25) is 0 Å². The maximum absolute atomic E-state index is 12.7. The summed E-state index contributed by atoms with van der Waals surface area (Å²) in [5, 5.41) is 0. The normalized spacial score (nSPS) is 13.8. The first-order valence-corrected chi connectivity index (χ1v) is 6.09. The Morgan fingerprint density at radius 1 is 1.30 bits per heavy atom. The van der Waals surface area contributed by atoms with Gasteiger partial charge in [-0.1, -0.05) is 6.58 Å². The smallest absolute Gasteiger partial charge is 0.397 e. The summed E-state index contributed by atoms with van der Waals surface area (Å²) in [6.45, 7) is 3.66. The molecule has 1 aliphatic heterocycles. The van der Waals surface area contributed by atoms with Gasteiger partial charge < -0.3 is 10.3 Å². The lowest BCUT2D eigenvalue weighted by Gasteiger charge is -2.21. The topological polar surface area (TPSA) is 43.8 Å². The van der Waals surface area contributed by atoms with E-state index in [2.05, 4.69) is 11.6 Å². The van der Waals surface area contributed by atoms with Gasteiger partial charge in [0.1, 0.15) is 12.0 Å². The minimum atomic E-state index is -4.32. The molecule has 0 amide bonds. The van der Waals surface area contributed by atoms with E-state index in [-0.39, 0.29) is 0 Å². The number of fused-ring (bicyclic) bond motifs is 3. The number of halogens is 3. The second kappa shape index (κ2) is 4.13. The van der Waals surface area contributed by atoms with Crippen LogP contribution in [-0.4, -0.2) is 9.55 Å². The number of nitrogens with two attached hydrogens (primary N) is 1. The molecule has 0 bridgehead atoms. The van der Waals surface area contributed by atoms with Crippen LogP contribution in [0.25, 0.3) is 11.4 Å².